The number of benzene rings is 3. The van der Waals surface area contributed by atoms with Crippen molar-refractivity contribution in [1.82, 2.24) is 4.90 Å². The summed E-state index contributed by atoms with van der Waals surface area (Å²) in [4.78, 5) is 2.50. The second-order valence-electron chi connectivity index (χ2n) is 8.26. The van der Waals surface area contributed by atoms with E-state index in [0.29, 0.717) is 13.2 Å². The van der Waals surface area contributed by atoms with Crippen molar-refractivity contribution in [3.8, 4) is 11.5 Å². The first-order valence-electron chi connectivity index (χ1n) is 10.8. The van der Waals surface area contributed by atoms with Gasteiger partial charge in [0.2, 0.25) is 0 Å². The fourth-order valence-electron chi connectivity index (χ4n) is 5.08. The average Bonchev–Trinajstić information content (AvgIpc) is 3.38. The van der Waals surface area contributed by atoms with Crippen LogP contribution in [-0.2, 0) is 18.0 Å². The topological polar surface area (TPSA) is 30.9 Å². The predicted molar refractivity (Wildman–Crippen MR) is 114 cm³/mol. The number of nitrogens with zero attached hydrogens (tertiary/aromatic N) is 1. The van der Waals surface area contributed by atoms with Crippen LogP contribution in [0.1, 0.15) is 47.2 Å². The zero-order valence-corrected chi connectivity index (χ0v) is 16.9. The van der Waals surface area contributed by atoms with Crippen molar-refractivity contribution in [2.45, 2.75) is 44.4 Å². The number of fused-ring (bicyclic) bond motifs is 8. The Balaban J connectivity index is 1.52. The van der Waals surface area contributed by atoms with Gasteiger partial charge in [0.1, 0.15) is 37.0 Å². The Morgan fingerprint density at radius 2 is 1.30 bits per heavy atom. The van der Waals surface area contributed by atoms with Gasteiger partial charge in [-0.2, -0.15) is 0 Å². The normalized spacial score (nSPS) is 25.3. The van der Waals surface area contributed by atoms with Crippen LogP contribution in [0.2, 0.25) is 0 Å². The Hall–Kier alpha value is -2.82. The van der Waals surface area contributed by atoms with Gasteiger partial charge in [-0.1, -0.05) is 60.7 Å². The van der Waals surface area contributed by atoms with Gasteiger partial charge < -0.3 is 14.2 Å². The summed E-state index contributed by atoms with van der Waals surface area (Å²) in [6, 6.07) is 25.2. The van der Waals surface area contributed by atoms with Crippen LogP contribution in [0.4, 0.5) is 0 Å². The van der Waals surface area contributed by atoms with Gasteiger partial charge in [-0.05, 0) is 36.1 Å². The molecule has 0 bridgehead atoms. The molecule has 3 aliphatic rings. The number of rotatable bonds is 0. The molecule has 0 amide bonds. The van der Waals surface area contributed by atoms with Crippen LogP contribution in [0.15, 0.2) is 72.8 Å². The fourth-order valence-corrected chi connectivity index (χ4v) is 5.08. The highest BCUT2D eigenvalue weighted by Crippen LogP contribution is 2.52. The van der Waals surface area contributed by atoms with Crippen LogP contribution in [0.3, 0.4) is 0 Å². The maximum Gasteiger partial charge on any atom is 0.125 e. The van der Waals surface area contributed by atoms with E-state index in [1.165, 1.54) is 12.0 Å². The number of ether oxygens (including phenoxy) is 3. The summed E-state index contributed by atoms with van der Waals surface area (Å²) in [7, 11) is 0. The summed E-state index contributed by atoms with van der Waals surface area (Å²) in [5.41, 5.74) is 4.61. The fraction of sp³-hybridized carbons (Fsp3) is 0.308. The SMILES string of the molecule is c1ccc2c(c1)COc1ccccc1[C@H]1O[C@@H]3CCCN3[C@H]1c1ccccc1OC2. The van der Waals surface area contributed by atoms with Gasteiger partial charge in [-0.3, -0.25) is 4.90 Å². The summed E-state index contributed by atoms with van der Waals surface area (Å²) in [6.07, 6.45) is 2.32. The lowest BCUT2D eigenvalue weighted by Gasteiger charge is -2.28. The van der Waals surface area contributed by atoms with E-state index in [1.807, 2.05) is 6.07 Å². The van der Waals surface area contributed by atoms with Crippen molar-refractivity contribution in [3.05, 3.63) is 95.1 Å². The zero-order valence-electron chi connectivity index (χ0n) is 16.9. The smallest absolute Gasteiger partial charge is 0.125 e. The molecule has 0 saturated carbocycles. The van der Waals surface area contributed by atoms with E-state index in [1.54, 1.807) is 0 Å². The molecule has 3 heterocycles. The van der Waals surface area contributed by atoms with Crippen LogP contribution in [0.5, 0.6) is 11.5 Å². The highest BCUT2D eigenvalue weighted by molar-refractivity contribution is 5.43. The second-order valence-corrected chi connectivity index (χ2v) is 8.26. The molecule has 0 N–H and O–H groups in total. The third kappa shape index (κ3) is 2.99. The molecule has 3 atom stereocenters. The third-order valence-electron chi connectivity index (χ3n) is 6.53. The molecule has 0 unspecified atom stereocenters. The maximum absolute atomic E-state index is 6.64. The Bertz CT molecular complexity index is 1070. The molecule has 3 aromatic carbocycles. The molecule has 2 fully saturated rings. The molecule has 0 spiro atoms. The van der Waals surface area contributed by atoms with Crippen LogP contribution >= 0.6 is 0 Å². The molecule has 2 saturated heterocycles. The van der Waals surface area contributed by atoms with Crippen molar-refractivity contribution in [2.24, 2.45) is 0 Å². The predicted octanol–water partition coefficient (Wildman–Crippen LogP) is 5.39. The Morgan fingerprint density at radius 3 is 2.03 bits per heavy atom. The van der Waals surface area contributed by atoms with Crippen molar-refractivity contribution >= 4 is 0 Å². The molecule has 0 aliphatic carbocycles. The van der Waals surface area contributed by atoms with Crippen LogP contribution in [0, 0.1) is 0 Å². The van der Waals surface area contributed by atoms with E-state index < -0.39 is 0 Å². The van der Waals surface area contributed by atoms with E-state index in [4.69, 9.17) is 14.2 Å². The summed E-state index contributed by atoms with van der Waals surface area (Å²) >= 11 is 0. The van der Waals surface area contributed by atoms with Gasteiger partial charge in [-0.25, -0.2) is 0 Å². The van der Waals surface area contributed by atoms with Crippen LogP contribution in [-0.4, -0.2) is 17.7 Å². The number of hydrogen-bond donors (Lipinski definition) is 0. The summed E-state index contributed by atoms with van der Waals surface area (Å²) in [6.45, 7) is 2.09. The van der Waals surface area contributed by atoms with Gasteiger partial charge in [-0.15, -0.1) is 0 Å². The van der Waals surface area contributed by atoms with Gasteiger partial charge in [0.05, 0.1) is 6.04 Å². The zero-order chi connectivity index (χ0) is 19.9. The Kier molecular flexibility index (Phi) is 4.47. The molecule has 152 valence electrons. The molecule has 4 heteroatoms. The molecule has 0 aromatic heterocycles. The molecular weight excluding hydrogens is 374 g/mol. The monoisotopic (exact) mass is 399 g/mol. The quantitative estimate of drug-likeness (QED) is 0.507. The van der Waals surface area contributed by atoms with Crippen molar-refractivity contribution < 1.29 is 14.2 Å². The molecule has 6 rings (SSSR count). The minimum Gasteiger partial charge on any atom is -0.489 e. The van der Waals surface area contributed by atoms with Gasteiger partial charge >= 0.3 is 0 Å². The molecule has 0 radical (unpaired) electrons. The molecular formula is C26H25NO3. The molecule has 4 nitrogen and oxygen atoms in total. The molecule has 3 aromatic rings. The van der Waals surface area contributed by atoms with E-state index in [-0.39, 0.29) is 18.4 Å². The minimum atomic E-state index is -0.0779. The Labute approximate surface area is 177 Å². The highest BCUT2D eigenvalue weighted by atomic mass is 16.5. The van der Waals surface area contributed by atoms with Crippen molar-refractivity contribution in [3.63, 3.8) is 0 Å². The summed E-state index contributed by atoms with van der Waals surface area (Å²) in [5.74, 6) is 1.85. The molecule has 30 heavy (non-hydrogen) atoms. The first-order valence-corrected chi connectivity index (χ1v) is 10.8. The average molecular weight is 399 g/mol. The van der Waals surface area contributed by atoms with E-state index in [0.717, 1.165) is 41.2 Å². The number of para-hydroxylation sites is 2. The lowest BCUT2D eigenvalue weighted by Crippen LogP contribution is -2.27. The van der Waals surface area contributed by atoms with Gasteiger partial charge in [0.25, 0.3) is 0 Å². The number of hydrogen-bond acceptors (Lipinski definition) is 4. The van der Waals surface area contributed by atoms with Crippen LogP contribution in [0.25, 0.3) is 0 Å². The summed E-state index contributed by atoms with van der Waals surface area (Å²) in [5, 5.41) is 0. The standard InChI is InChI=1S/C26H25NO3/c1-2-9-19-17-29-23-13-6-4-11-21(23)26-25(27-15-7-14-24(27)30-26)20-10-3-5-12-22(20)28-16-18(19)8-1/h1-6,8-13,24-26H,7,14-17H2/t24-,25+,26-/m1/s1. The van der Waals surface area contributed by atoms with E-state index >= 15 is 0 Å². The Morgan fingerprint density at radius 1 is 0.700 bits per heavy atom. The maximum atomic E-state index is 6.64. The summed E-state index contributed by atoms with van der Waals surface area (Å²) < 4.78 is 19.4. The van der Waals surface area contributed by atoms with Crippen LogP contribution < -0.4 is 9.47 Å². The first kappa shape index (κ1) is 18.0. The van der Waals surface area contributed by atoms with Gasteiger partial charge in [0.15, 0.2) is 0 Å². The molecule has 3 aliphatic heterocycles. The van der Waals surface area contributed by atoms with Crippen molar-refractivity contribution in [2.75, 3.05) is 6.54 Å². The van der Waals surface area contributed by atoms with Gasteiger partial charge in [0, 0.05) is 17.7 Å². The third-order valence-corrected chi connectivity index (χ3v) is 6.53. The van der Waals surface area contributed by atoms with E-state index in [2.05, 4.69) is 71.6 Å². The first-order chi connectivity index (χ1) is 14.9. The lowest BCUT2D eigenvalue weighted by atomic mass is 9.94. The minimum absolute atomic E-state index is 0.0779. The lowest BCUT2D eigenvalue weighted by molar-refractivity contribution is 0.0162. The van der Waals surface area contributed by atoms with Crippen molar-refractivity contribution in [1.29, 1.82) is 0 Å². The largest absolute Gasteiger partial charge is 0.489 e. The van der Waals surface area contributed by atoms with E-state index in [9.17, 15) is 0 Å². The second kappa shape index (κ2) is 7.46. The highest BCUT2D eigenvalue weighted by Gasteiger charge is 2.47.